The van der Waals surface area contributed by atoms with Crippen molar-refractivity contribution < 1.29 is 28.6 Å². The molecule has 0 saturated heterocycles. The van der Waals surface area contributed by atoms with Gasteiger partial charge >= 0.3 is 17.9 Å². The molecule has 0 spiro atoms. The molecule has 6 nitrogen and oxygen atoms in total. The average Bonchev–Trinajstić information content (AvgIpc) is 3.46. The first kappa shape index (κ1) is 77.1. The lowest BCUT2D eigenvalue weighted by Crippen LogP contribution is -2.30. The van der Waals surface area contributed by atoms with Crippen LogP contribution in [0.5, 0.6) is 0 Å². The van der Waals surface area contributed by atoms with Crippen LogP contribution in [0.4, 0.5) is 0 Å². The maximum absolute atomic E-state index is 13.0. The van der Waals surface area contributed by atoms with Crippen LogP contribution in [0.3, 0.4) is 0 Å². The van der Waals surface area contributed by atoms with Gasteiger partial charge in [-0.1, -0.05) is 306 Å². The minimum atomic E-state index is -0.781. The van der Waals surface area contributed by atoms with Crippen molar-refractivity contribution in [3.63, 3.8) is 0 Å². The zero-order valence-electron chi connectivity index (χ0n) is 53.6. The van der Waals surface area contributed by atoms with Crippen LogP contribution in [0.2, 0.25) is 0 Å². The molecule has 466 valence electrons. The molecule has 0 aromatic heterocycles. The van der Waals surface area contributed by atoms with Crippen molar-refractivity contribution in [2.75, 3.05) is 13.2 Å². The molecule has 0 rings (SSSR count). The lowest BCUT2D eigenvalue weighted by Gasteiger charge is -2.18. The Labute approximate surface area is 498 Å². The largest absolute Gasteiger partial charge is 0.462 e. The second-order valence-corrected chi connectivity index (χ2v) is 23.8. The Morgan fingerprint density at radius 3 is 0.700 bits per heavy atom. The maximum atomic E-state index is 13.0. The summed E-state index contributed by atoms with van der Waals surface area (Å²) in [6.45, 7) is 6.67. The van der Waals surface area contributed by atoms with Crippen LogP contribution >= 0.6 is 0 Å². The van der Waals surface area contributed by atoms with Crippen LogP contribution in [0.25, 0.3) is 0 Å². The van der Waals surface area contributed by atoms with E-state index in [1.165, 1.54) is 263 Å². The molecule has 0 aliphatic carbocycles. The lowest BCUT2D eigenvalue weighted by atomic mass is 10.0. The second kappa shape index (κ2) is 68.6. The van der Waals surface area contributed by atoms with E-state index >= 15 is 0 Å². The Balaban J connectivity index is 4.35. The van der Waals surface area contributed by atoms with Crippen LogP contribution < -0.4 is 0 Å². The number of rotatable bonds is 65. The molecule has 0 saturated carbocycles. The second-order valence-electron chi connectivity index (χ2n) is 23.8. The molecular weight excluding hydrogens is 985 g/mol. The predicted octanol–water partition coefficient (Wildman–Crippen LogP) is 24.3. The SMILES string of the molecule is CCCCCCC/C=C\C/C=C\CCCCCCCCCCCCCC(=O)OCC(COC(=O)CCCCCCCCC/C=C\CCCCCCCCC)OC(=O)CCCCCCCCCCC/C=C\C/C=C\CCCCCCC. The molecule has 0 aromatic carbocycles. The Morgan fingerprint density at radius 1 is 0.250 bits per heavy atom. The van der Waals surface area contributed by atoms with Crippen LogP contribution in [0.15, 0.2) is 60.8 Å². The summed E-state index contributed by atoms with van der Waals surface area (Å²) >= 11 is 0. The molecule has 0 radical (unpaired) electrons. The summed E-state index contributed by atoms with van der Waals surface area (Å²) in [7, 11) is 0. The van der Waals surface area contributed by atoms with Gasteiger partial charge in [0.25, 0.3) is 0 Å². The fraction of sp³-hybridized carbons (Fsp3) is 0.824. The minimum absolute atomic E-state index is 0.0760. The van der Waals surface area contributed by atoms with Gasteiger partial charge in [0.2, 0.25) is 0 Å². The summed E-state index contributed by atoms with van der Waals surface area (Å²) in [6.07, 6.45) is 88.0. The van der Waals surface area contributed by atoms with E-state index in [0.29, 0.717) is 19.3 Å². The van der Waals surface area contributed by atoms with Gasteiger partial charge in [-0.3, -0.25) is 14.4 Å². The van der Waals surface area contributed by atoms with Crippen LogP contribution in [-0.2, 0) is 28.6 Å². The number of allylic oxidation sites excluding steroid dienone is 10. The highest BCUT2D eigenvalue weighted by Gasteiger charge is 2.19. The maximum Gasteiger partial charge on any atom is 0.306 e. The summed E-state index contributed by atoms with van der Waals surface area (Å²) in [6, 6.07) is 0. The first-order valence-electron chi connectivity index (χ1n) is 35.3. The van der Waals surface area contributed by atoms with Crippen molar-refractivity contribution in [1.29, 1.82) is 0 Å². The molecule has 0 aromatic rings. The first-order valence-corrected chi connectivity index (χ1v) is 35.3. The minimum Gasteiger partial charge on any atom is -0.462 e. The van der Waals surface area contributed by atoms with Crippen LogP contribution in [0.1, 0.15) is 374 Å². The zero-order chi connectivity index (χ0) is 57.8. The van der Waals surface area contributed by atoms with E-state index < -0.39 is 6.10 Å². The predicted molar refractivity (Wildman–Crippen MR) is 348 cm³/mol. The van der Waals surface area contributed by atoms with E-state index in [1.54, 1.807) is 0 Å². The fourth-order valence-electron chi connectivity index (χ4n) is 10.4. The monoisotopic (exact) mass is 1120 g/mol. The van der Waals surface area contributed by atoms with E-state index in [1.807, 2.05) is 0 Å². The molecule has 0 fully saturated rings. The van der Waals surface area contributed by atoms with E-state index in [-0.39, 0.29) is 31.1 Å². The Hall–Kier alpha value is -2.89. The van der Waals surface area contributed by atoms with Crippen molar-refractivity contribution >= 4 is 17.9 Å². The number of unbranched alkanes of at least 4 members (excludes halogenated alkanes) is 44. The van der Waals surface area contributed by atoms with Gasteiger partial charge in [-0.15, -0.1) is 0 Å². The van der Waals surface area contributed by atoms with E-state index in [4.69, 9.17) is 14.2 Å². The molecule has 0 aliphatic rings. The molecular formula is C74H134O6. The Kier molecular flexibility index (Phi) is 66.1. The third kappa shape index (κ3) is 65.9. The highest BCUT2D eigenvalue weighted by Crippen LogP contribution is 2.17. The molecule has 0 bridgehead atoms. The topological polar surface area (TPSA) is 78.9 Å². The highest BCUT2D eigenvalue weighted by molar-refractivity contribution is 5.71. The summed E-state index contributed by atoms with van der Waals surface area (Å²) in [4.78, 5) is 38.5. The normalized spacial score (nSPS) is 12.4. The van der Waals surface area contributed by atoms with Crippen LogP contribution in [0, 0.1) is 0 Å². The van der Waals surface area contributed by atoms with Crippen molar-refractivity contribution in [2.45, 2.75) is 380 Å². The highest BCUT2D eigenvalue weighted by atomic mass is 16.6. The summed E-state index contributed by atoms with van der Waals surface area (Å²) < 4.78 is 17.0. The van der Waals surface area contributed by atoms with Gasteiger partial charge in [0.05, 0.1) is 0 Å². The van der Waals surface area contributed by atoms with Crippen LogP contribution in [-0.4, -0.2) is 37.2 Å². The van der Waals surface area contributed by atoms with E-state index in [9.17, 15) is 14.4 Å². The fourth-order valence-corrected chi connectivity index (χ4v) is 10.4. The van der Waals surface area contributed by atoms with Gasteiger partial charge in [0.1, 0.15) is 13.2 Å². The van der Waals surface area contributed by atoms with Crippen molar-refractivity contribution in [3.05, 3.63) is 60.8 Å². The van der Waals surface area contributed by atoms with Gasteiger partial charge in [0, 0.05) is 19.3 Å². The van der Waals surface area contributed by atoms with Crippen molar-refractivity contribution in [1.82, 2.24) is 0 Å². The number of ether oxygens (including phenoxy) is 3. The van der Waals surface area contributed by atoms with Gasteiger partial charge < -0.3 is 14.2 Å². The van der Waals surface area contributed by atoms with Gasteiger partial charge in [-0.2, -0.15) is 0 Å². The third-order valence-electron chi connectivity index (χ3n) is 15.7. The smallest absolute Gasteiger partial charge is 0.306 e. The van der Waals surface area contributed by atoms with Crippen molar-refractivity contribution in [3.8, 4) is 0 Å². The summed E-state index contributed by atoms with van der Waals surface area (Å²) in [5, 5.41) is 0. The molecule has 0 N–H and O–H groups in total. The number of esters is 3. The number of hydrogen-bond acceptors (Lipinski definition) is 6. The zero-order valence-corrected chi connectivity index (χ0v) is 53.6. The Bertz CT molecular complexity index is 1430. The quantitative estimate of drug-likeness (QED) is 0.0261. The number of carbonyl (C=O) groups excluding carboxylic acids is 3. The summed E-state index contributed by atoms with van der Waals surface area (Å²) in [5.74, 6) is -0.863. The van der Waals surface area contributed by atoms with Gasteiger partial charge in [-0.05, 0) is 109 Å². The molecule has 0 amide bonds. The molecule has 1 atom stereocenters. The van der Waals surface area contributed by atoms with Crippen molar-refractivity contribution in [2.24, 2.45) is 0 Å². The third-order valence-corrected chi connectivity index (χ3v) is 15.7. The molecule has 80 heavy (non-hydrogen) atoms. The molecule has 0 aliphatic heterocycles. The van der Waals surface area contributed by atoms with Gasteiger partial charge in [-0.25, -0.2) is 0 Å². The molecule has 1 unspecified atom stereocenters. The lowest BCUT2D eigenvalue weighted by molar-refractivity contribution is -0.167. The van der Waals surface area contributed by atoms with E-state index in [2.05, 4.69) is 81.5 Å². The van der Waals surface area contributed by atoms with Gasteiger partial charge in [0.15, 0.2) is 6.10 Å². The average molecular weight is 1120 g/mol. The standard InChI is InChI=1S/C74H134O6/c1-4-7-10-13-16-19-22-25-28-31-34-36-37-39-40-43-46-49-52-55-58-61-64-67-73(76)79-70-71(69-78-72(75)66-63-60-57-54-51-48-45-42-33-30-27-24-21-18-15-12-9-6-3)80-74(77)68-65-62-59-56-53-50-47-44-41-38-35-32-29-26-23-20-17-14-11-8-5-2/h22-23,25-26,30-35,71H,4-21,24,27-29,36-70H2,1-3H3/b25-22-,26-23-,33-30-,34-31-,35-32-. The molecule has 0 heterocycles. The first-order chi connectivity index (χ1) is 39.5. The molecule has 6 heteroatoms. The number of carbonyl (C=O) groups is 3. The van der Waals surface area contributed by atoms with E-state index in [0.717, 1.165) is 70.6 Å². The number of hydrogen-bond donors (Lipinski definition) is 0. The summed E-state index contributed by atoms with van der Waals surface area (Å²) in [5.41, 5.74) is 0. The Morgan fingerprint density at radius 2 is 0.450 bits per heavy atom.